The molecule has 0 fully saturated rings. The van der Waals surface area contributed by atoms with Crippen LogP contribution >= 0.6 is 52.1 Å². The normalized spacial score (nSPS) is 9.43. The van der Waals surface area contributed by atoms with Crippen molar-refractivity contribution < 1.29 is 23.3 Å². The molecule has 0 aliphatic heterocycles. The zero-order valence-corrected chi connectivity index (χ0v) is 24.2. The molecule has 0 unspecified atom stereocenters. The van der Waals surface area contributed by atoms with E-state index in [1.54, 1.807) is 0 Å². The Balaban J connectivity index is -0.000000508. The molecule has 1 N–H and O–H groups in total. The van der Waals surface area contributed by atoms with Crippen LogP contribution in [0, 0.1) is 14.9 Å². The molecule has 0 saturated carbocycles. The Kier molecular flexibility index (Phi) is 17.0. The SMILES string of the molecule is Brc1ccc2c(c1)sc1[cH-]c3ccccc3c12.CC(C)(C)[NH-].Cl.Cl.[CH3-].[CH3-].[Si]=[Zr]. The molecule has 4 aromatic rings. The van der Waals surface area contributed by atoms with Gasteiger partial charge in [0.2, 0.25) is 0 Å². The van der Waals surface area contributed by atoms with Gasteiger partial charge in [0.25, 0.3) is 0 Å². The molecule has 0 aliphatic carbocycles. The van der Waals surface area contributed by atoms with Gasteiger partial charge in [-0.15, -0.1) is 70.8 Å². The van der Waals surface area contributed by atoms with Crippen molar-refractivity contribution in [1.29, 1.82) is 0 Å². The van der Waals surface area contributed by atoms with Crippen molar-refractivity contribution >= 4 is 89.9 Å². The molecule has 0 bridgehead atoms. The minimum absolute atomic E-state index is 0. The molecule has 1 nitrogen and oxygen atoms in total. The molecule has 0 spiro atoms. The van der Waals surface area contributed by atoms with Gasteiger partial charge in [-0.2, -0.15) is 11.3 Å². The number of hydrogen-bond donors (Lipinski definition) is 0. The Morgan fingerprint density at radius 1 is 1.00 bits per heavy atom. The van der Waals surface area contributed by atoms with E-state index in [2.05, 4.69) is 71.3 Å². The fourth-order valence-electron chi connectivity index (χ4n) is 2.46. The van der Waals surface area contributed by atoms with Crippen molar-refractivity contribution in [1.82, 2.24) is 0 Å². The third-order valence-corrected chi connectivity index (χ3v) is 4.79. The quantitative estimate of drug-likeness (QED) is 0.143. The Labute approximate surface area is 211 Å². The van der Waals surface area contributed by atoms with Crippen LogP contribution in [0.25, 0.3) is 36.7 Å². The van der Waals surface area contributed by atoms with E-state index in [-0.39, 0.29) is 45.2 Å². The van der Waals surface area contributed by atoms with E-state index in [4.69, 9.17) is 5.73 Å². The van der Waals surface area contributed by atoms with Gasteiger partial charge in [-0.1, -0.05) is 53.5 Å². The molecule has 2 radical (unpaired) electrons. The van der Waals surface area contributed by atoms with Crippen molar-refractivity contribution in [3.8, 4) is 0 Å². The van der Waals surface area contributed by atoms with Gasteiger partial charge in [-0.05, 0) is 17.5 Å². The summed E-state index contributed by atoms with van der Waals surface area (Å²) in [6, 6.07) is 17.5. The maximum atomic E-state index is 6.94. The molecule has 28 heavy (non-hydrogen) atoms. The number of rotatable bonds is 0. The summed E-state index contributed by atoms with van der Waals surface area (Å²) in [5.74, 6) is 0. The first-order chi connectivity index (χ1) is 11.3. The van der Waals surface area contributed by atoms with E-state index in [0.717, 1.165) is 4.47 Å². The van der Waals surface area contributed by atoms with Crippen LogP contribution in [0.2, 0.25) is 0 Å². The third kappa shape index (κ3) is 8.63. The summed E-state index contributed by atoms with van der Waals surface area (Å²) in [6.07, 6.45) is 0. The van der Waals surface area contributed by atoms with Crippen LogP contribution in [-0.4, -0.2) is 12.4 Å². The van der Waals surface area contributed by atoms with Gasteiger partial charge in [-0.3, -0.25) is 0 Å². The second kappa shape index (κ2) is 14.4. The fraction of sp³-hybridized carbons (Fsp3) is 0.190. The molecule has 3 aromatic carbocycles. The van der Waals surface area contributed by atoms with Crippen LogP contribution in [-0.2, 0) is 23.3 Å². The van der Waals surface area contributed by atoms with Crippen molar-refractivity contribution in [2.45, 2.75) is 26.3 Å². The molecule has 1 aromatic heterocycles. The van der Waals surface area contributed by atoms with E-state index >= 15 is 0 Å². The van der Waals surface area contributed by atoms with E-state index in [0.29, 0.717) is 0 Å². The van der Waals surface area contributed by atoms with Crippen LogP contribution in [0.4, 0.5) is 0 Å². The van der Waals surface area contributed by atoms with Gasteiger partial charge < -0.3 is 20.6 Å². The second-order valence-corrected chi connectivity index (χ2v) is 8.46. The average Bonchev–Trinajstić information content (AvgIpc) is 3.02. The van der Waals surface area contributed by atoms with E-state index in [1.165, 1.54) is 54.3 Å². The molecular weight excluding hydrogens is 568 g/mol. The van der Waals surface area contributed by atoms with Crippen molar-refractivity contribution in [3.63, 3.8) is 0 Å². The van der Waals surface area contributed by atoms with Crippen LogP contribution in [0.1, 0.15) is 20.8 Å². The summed E-state index contributed by atoms with van der Waals surface area (Å²) in [6.45, 7) is 8.62. The summed E-state index contributed by atoms with van der Waals surface area (Å²) >= 11 is 6.76. The maximum absolute atomic E-state index is 6.94. The fourth-order valence-corrected chi connectivity index (χ4v) is 4.18. The molecule has 0 atom stereocenters. The first-order valence-corrected chi connectivity index (χ1v) is 13.3. The number of halogens is 3. The van der Waals surface area contributed by atoms with Crippen molar-refractivity contribution in [2.75, 3.05) is 0 Å². The Morgan fingerprint density at radius 2 is 1.54 bits per heavy atom. The summed E-state index contributed by atoms with van der Waals surface area (Å²) < 4.78 is 3.90. The van der Waals surface area contributed by atoms with Crippen LogP contribution in [0.5, 0.6) is 0 Å². The van der Waals surface area contributed by atoms with Gasteiger partial charge in [0.1, 0.15) is 0 Å². The van der Waals surface area contributed by atoms with Crippen LogP contribution < -0.4 is 0 Å². The second-order valence-electron chi connectivity index (χ2n) is 6.46. The Bertz CT molecular complexity index is 973. The zero-order chi connectivity index (χ0) is 17.9. The van der Waals surface area contributed by atoms with E-state index in [1.807, 2.05) is 32.1 Å². The third-order valence-electron chi connectivity index (χ3n) is 3.20. The van der Waals surface area contributed by atoms with Gasteiger partial charge in [0.05, 0.1) is 0 Å². The van der Waals surface area contributed by atoms with Crippen LogP contribution in [0.15, 0.2) is 53.0 Å². The molecule has 7 heteroatoms. The van der Waals surface area contributed by atoms with Gasteiger partial charge in [0, 0.05) is 9.17 Å². The molecule has 1 heterocycles. The van der Waals surface area contributed by atoms with Gasteiger partial charge in [0.15, 0.2) is 0 Å². The minimum atomic E-state index is -0.250. The zero-order valence-electron chi connectivity index (χ0n) is 16.7. The summed E-state index contributed by atoms with van der Waals surface area (Å²) in [4.78, 5) is 0. The number of benzene rings is 2. The first-order valence-electron chi connectivity index (χ1n) is 7.49. The molecule has 0 saturated heterocycles. The van der Waals surface area contributed by atoms with Gasteiger partial charge in [-0.25, -0.2) is 0 Å². The van der Waals surface area contributed by atoms with Gasteiger partial charge >= 0.3 is 30.2 Å². The number of fused-ring (bicyclic) bond motifs is 5. The predicted molar refractivity (Wildman–Crippen MR) is 137 cm³/mol. The standard InChI is InChI=1S/C15H8BrS.C4H10N.2CH3.2ClH.Si.Zr/c16-10-5-6-12-13(8-10)17-14-7-9-3-1-2-4-11(9)15(12)14;1-4(2,3)5;;;;;;/h1-8H;5H,1-3H3;2*1H3;2*1H;;/q4*-1;;;;. The molecule has 0 amide bonds. The average molecular weight is 595 g/mol. The first kappa shape index (κ1) is 33.0. The monoisotopic (exact) mass is 591 g/mol. The molecule has 154 valence electrons. The summed E-state index contributed by atoms with van der Waals surface area (Å²) in [5, 5.41) is 5.50. The Morgan fingerprint density at radius 3 is 2.11 bits per heavy atom. The summed E-state index contributed by atoms with van der Waals surface area (Å²) in [7, 11) is 0. The van der Waals surface area contributed by atoms with E-state index < -0.39 is 0 Å². The molecular formula is C21H26BrCl2NSSiZr-4. The van der Waals surface area contributed by atoms with Crippen molar-refractivity contribution in [3.05, 3.63) is 73.6 Å². The molecule has 4 rings (SSSR count). The molecule has 0 aliphatic rings. The Hall–Kier alpha value is 0.390. The number of nitrogens with one attached hydrogen (secondary N) is 1. The number of hydrogen-bond acceptors (Lipinski definition) is 1. The topological polar surface area (TPSA) is 23.8 Å². The van der Waals surface area contributed by atoms with E-state index in [9.17, 15) is 0 Å². The predicted octanol–water partition coefficient (Wildman–Crippen LogP) is 8.89. The van der Waals surface area contributed by atoms with Crippen molar-refractivity contribution in [2.24, 2.45) is 0 Å². The summed E-state index contributed by atoms with van der Waals surface area (Å²) in [5.41, 5.74) is 6.69. The number of thiophene rings is 1. The van der Waals surface area contributed by atoms with Crippen LogP contribution in [0.3, 0.4) is 0 Å².